The second-order valence-electron chi connectivity index (χ2n) is 5.76. The summed E-state index contributed by atoms with van der Waals surface area (Å²) in [4.78, 5) is 37.5. The number of ether oxygens (including phenoxy) is 1. The minimum Gasteiger partial charge on any atom is -0.466 e. The highest BCUT2D eigenvalue weighted by molar-refractivity contribution is 5.88. The van der Waals surface area contributed by atoms with Gasteiger partial charge in [-0.15, -0.1) is 0 Å². The quantitative estimate of drug-likeness (QED) is 0.449. The molecule has 2 amide bonds. The van der Waals surface area contributed by atoms with Gasteiger partial charge in [0.15, 0.2) is 0 Å². The van der Waals surface area contributed by atoms with E-state index in [-0.39, 0.29) is 24.8 Å². The molecule has 1 atom stereocenters. The molecule has 23 heavy (non-hydrogen) atoms. The zero-order chi connectivity index (χ0) is 17.1. The van der Waals surface area contributed by atoms with Crippen molar-refractivity contribution in [3.8, 4) is 0 Å². The maximum Gasteiger partial charge on any atom is 0.307 e. The average molecular weight is 327 g/mol. The molecule has 1 rings (SSSR count). The Labute approximate surface area is 138 Å². The monoisotopic (exact) mass is 327 g/mol. The molecule has 0 aromatic heterocycles. The van der Waals surface area contributed by atoms with Crippen LogP contribution in [0.3, 0.4) is 0 Å². The van der Waals surface area contributed by atoms with E-state index >= 15 is 0 Å². The summed E-state index contributed by atoms with van der Waals surface area (Å²) in [6.45, 7) is 6.26. The number of amides is 2. The number of unbranched alkanes of at least 4 members (excludes halogenated alkanes) is 2. The van der Waals surface area contributed by atoms with Crippen molar-refractivity contribution < 1.29 is 19.1 Å². The fraction of sp³-hybridized carbons (Fsp3) is 0.812. The fourth-order valence-electron chi connectivity index (χ4n) is 2.37. The molecule has 0 aromatic carbocycles. The van der Waals surface area contributed by atoms with Crippen LogP contribution in [0.25, 0.3) is 0 Å². The summed E-state index contributed by atoms with van der Waals surface area (Å²) >= 11 is 0. The molecule has 0 radical (unpaired) electrons. The molecule has 1 aliphatic rings. The summed E-state index contributed by atoms with van der Waals surface area (Å²) in [7, 11) is 0. The number of carbonyl (C=O) groups is 3. The average Bonchev–Trinajstić information content (AvgIpc) is 2.51. The van der Waals surface area contributed by atoms with Crippen LogP contribution in [0.5, 0.6) is 0 Å². The minimum absolute atomic E-state index is 0.0161. The molecular weight excluding hydrogens is 298 g/mol. The number of carbonyl (C=O) groups excluding carboxylic acids is 3. The molecule has 1 fully saturated rings. The summed E-state index contributed by atoms with van der Waals surface area (Å²) in [5.74, 6) is -0.723. The number of hydrogen-bond donors (Lipinski definition) is 2. The predicted molar refractivity (Wildman–Crippen MR) is 86.8 cm³/mol. The van der Waals surface area contributed by atoms with E-state index in [1.807, 2.05) is 6.92 Å². The minimum atomic E-state index is -0.630. The Hall–Kier alpha value is -1.63. The lowest BCUT2D eigenvalue weighted by molar-refractivity contribution is -0.149. The van der Waals surface area contributed by atoms with Crippen molar-refractivity contribution >= 4 is 17.8 Å². The Bertz CT molecular complexity index is 401. The number of hydrogen-bond acceptors (Lipinski definition) is 5. The Morgan fingerprint density at radius 2 is 2.04 bits per heavy atom. The molecule has 0 saturated carbocycles. The molecule has 1 saturated heterocycles. The first-order valence-electron chi connectivity index (χ1n) is 8.52. The van der Waals surface area contributed by atoms with Crippen LogP contribution < -0.4 is 10.6 Å². The van der Waals surface area contributed by atoms with E-state index in [9.17, 15) is 14.4 Å². The van der Waals surface area contributed by atoms with Crippen LogP contribution >= 0.6 is 0 Å². The topological polar surface area (TPSA) is 87.7 Å². The summed E-state index contributed by atoms with van der Waals surface area (Å²) in [5.41, 5.74) is 0. The Morgan fingerprint density at radius 1 is 1.30 bits per heavy atom. The standard InChI is InChI=1S/C16H29N3O4/c1-3-5-7-17-14(20)12-19-9-8-18-16(22)13(19)11-15(21)23-10-6-4-2/h13H,3-12H2,1-2H3,(H,17,20)(H,18,22). The third kappa shape index (κ3) is 7.45. The molecule has 1 unspecified atom stereocenters. The van der Waals surface area contributed by atoms with E-state index in [0.717, 1.165) is 25.7 Å². The van der Waals surface area contributed by atoms with Gasteiger partial charge in [-0.1, -0.05) is 26.7 Å². The van der Waals surface area contributed by atoms with E-state index in [1.165, 1.54) is 0 Å². The Morgan fingerprint density at radius 3 is 2.74 bits per heavy atom. The molecule has 7 nitrogen and oxygen atoms in total. The SMILES string of the molecule is CCCCNC(=O)CN1CCNC(=O)C1CC(=O)OCCCC. The van der Waals surface area contributed by atoms with Gasteiger partial charge in [0, 0.05) is 19.6 Å². The van der Waals surface area contributed by atoms with Gasteiger partial charge in [-0.05, 0) is 12.8 Å². The third-order valence-corrected chi connectivity index (χ3v) is 3.76. The van der Waals surface area contributed by atoms with Crippen LogP contribution in [0.2, 0.25) is 0 Å². The van der Waals surface area contributed by atoms with Crippen molar-refractivity contribution in [1.29, 1.82) is 0 Å². The van der Waals surface area contributed by atoms with Crippen molar-refractivity contribution in [2.75, 3.05) is 32.8 Å². The second kappa shape index (κ2) is 11.0. The number of nitrogens with one attached hydrogen (secondary N) is 2. The van der Waals surface area contributed by atoms with Gasteiger partial charge < -0.3 is 15.4 Å². The summed E-state index contributed by atoms with van der Waals surface area (Å²) in [6, 6.07) is -0.630. The lowest BCUT2D eigenvalue weighted by atomic mass is 10.1. The molecule has 1 heterocycles. The van der Waals surface area contributed by atoms with Gasteiger partial charge in [0.05, 0.1) is 19.6 Å². The molecular formula is C16H29N3O4. The first-order chi connectivity index (χ1) is 11.1. The second-order valence-corrected chi connectivity index (χ2v) is 5.76. The smallest absolute Gasteiger partial charge is 0.307 e. The first kappa shape index (κ1) is 19.4. The number of nitrogens with zero attached hydrogens (tertiary/aromatic N) is 1. The highest BCUT2D eigenvalue weighted by Gasteiger charge is 2.33. The normalized spacial score (nSPS) is 18.3. The summed E-state index contributed by atoms with van der Waals surface area (Å²) in [5, 5.41) is 5.57. The van der Waals surface area contributed by atoms with Gasteiger partial charge in [-0.2, -0.15) is 0 Å². The van der Waals surface area contributed by atoms with Crippen LogP contribution in [-0.2, 0) is 19.1 Å². The number of rotatable bonds is 10. The van der Waals surface area contributed by atoms with E-state index in [1.54, 1.807) is 4.90 Å². The largest absolute Gasteiger partial charge is 0.466 e. The van der Waals surface area contributed by atoms with Crippen LogP contribution in [0, 0.1) is 0 Å². The van der Waals surface area contributed by atoms with Crippen LogP contribution in [-0.4, -0.2) is 61.5 Å². The van der Waals surface area contributed by atoms with Crippen LogP contribution in [0.1, 0.15) is 46.0 Å². The van der Waals surface area contributed by atoms with Crippen LogP contribution in [0.15, 0.2) is 0 Å². The number of piperazine rings is 1. The fourth-order valence-corrected chi connectivity index (χ4v) is 2.37. The van der Waals surface area contributed by atoms with Crippen molar-refractivity contribution in [2.24, 2.45) is 0 Å². The maximum atomic E-state index is 12.0. The molecule has 2 N–H and O–H groups in total. The van der Waals surface area contributed by atoms with E-state index < -0.39 is 12.0 Å². The van der Waals surface area contributed by atoms with E-state index in [0.29, 0.717) is 26.2 Å². The van der Waals surface area contributed by atoms with E-state index in [4.69, 9.17) is 4.74 Å². The van der Waals surface area contributed by atoms with Crippen LogP contribution in [0.4, 0.5) is 0 Å². The summed E-state index contributed by atoms with van der Waals surface area (Å²) in [6.07, 6.45) is 3.68. The first-order valence-corrected chi connectivity index (χ1v) is 8.52. The molecule has 0 bridgehead atoms. The van der Waals surface area contributed by atoms with Gasteiger partial charge in [-0.25, -0.2) is 0 Å². The highest BCUT2D eigenvalue weighted by Crippen LogP contribution is 2.10. The Balaban J connectivity index is 2.49. The lowest BCUT2D eigenvalue weighted by Crippen LogP contribution is -2.58. The highest BCUT2D eigenvalue weighted by atomic mass is 16.5. The predicted octanol–water partition coefficient (Wildman–Crippen LogP) is 0.437. The van der Waals surface area contributed by atoms with Crippen molar-refractivity contribution in [2.45, 2.75) is 52.0 Å². The van der Waals surface area contributed by atoms with Crippen molar-refractivity contribution in [3.05, 3.63) is 0 Å². The summed E-state index contributed by atoms with van der Waals surface area (Å²) < 4.78 is 5.12. The molecule has 0 aromatic rings. The zero-order valence-corrected chi connectivity index (χ0v) is 14.2. The molecule has 1 aliphatic heterocycles. The Kier molecular flexibility index (Phi) is 9.28. The number of esters is 1. The van der Waals surface area contributed by atoms with Gasteiger partial charge in [-0.3, -0.25) is 19.3 Å². The van der Waals surface area contributed by atoms with Gasteiger partial charge in [0.25, 0.3) is 0 Å². The molecule has 7 heteroatoms. The molecule has 132 valence electrons. The van der Waals surface area contributed by atoms with E-state index in [2.05, 4.69) is 17.6 Å². The van der Waals surface area contributed by atoms with Gasteiger partial charge in [0.2, 0.25) is 11.8 Å². The van der Waals surface area contributed by atoms with Crippen molar-refractivity contribution in [3.63, 3.8) is 0 Å². The maximum absolute atomic E-state index is 12.0. The molecule has 0 aliphatic carbocycles. The lowest BCUT2D eigenvalue weighted by Gasteiger charge is -2.33. The van der Waals surface area contributed by atoms with Gasteiger partial charge in [0.1, 0.15) is 6.04 Å². The molecule has 0 spiro atoms. The van der Waals surface area contributed by atoms with Crippen molar-refractivity contribution in [1.82, 2.24) is 15.5 Å². The van der Waals surface area contributed by atoms with Gasteiger partial charge >= 0.3 is 5.97 Å². The third-order valence-electron chi connectivity index (χ3n) is 3.76. The zero-order valence-electron chi connectivity index (χ0n) is 14.2.